The molecule has 1 N–H and O–H groups in total. The van der Waals surface area contributed by atoms with Gasteiger partial charge in [0.05, 0.1) is 5.69 Å². The molecule has 0 radical (unpaired) electrons. The summed E-state index contributed by atoms with van der Waals surface area (Å²) < 4.78 is 7.77. The van der Waals surface area contributed by atoms with Gasteiger partial charge in [-0.05, 0) is 51.8 Å². The Balaban J connectivity index is 1.62. The van der Waals surface area contributed by atoms with Crippen LogP contribution in [0.2, 0.25) is 0 Å². The first kappa shape index (κ1) is 18.0. The van der Waals surface area contributed by atoms with Crippen LogP contribution >= 0.6 is 0 Å². The van der Waals surface area contributed by atoms with Crippen molar-refractivity contribution in [2.24, 2.45) is 7.05 Å². The second kappa shape index (κ2) is 7.58. The van der Waals surface area contributed by atoms with Gasteiger partial charge < -0.3 is 9.84 Å². The largest absolute Gasteiger partial charge is 0.491 e. The molecule has 1 aliphatic rings. The van der Waals surface area contributed by atoms with E-state index in [0.717, 1.165) is 36.4 Å². The van der Waals surface area contributed by atoms with E-state index in [1.54, 1.807) is 0 Å². The molecule has 5 heteroatoms. The molecule has 2 unspecified atom stereocenters. The van der Waals surface area contributed by atoms with Gasteiger partial charge in [0.1, 0.15) is 18.5 Å². The van der Waals surface area contributed by atoms with E-state index in [4.69, 9.17) is 4.74 Å². The highest BCUT2D eigenvalue weighted by Gasteiger charge is 2.31. The maximum atomic E-state index is 10.5. The summed E-state index contributed by atoms with van der Waals surface area (Å²) in [5, 5.41) is 15.0. The smallest absolute Gasteiger partial charge is 0.122 e. The van der Waals surface area contributed by atoms with E-state index in [2.05, 4.69) is 23.8 Å². The predicted octanol–water partition coefficient (Wildman–Crippen LogP) is 2.92. The van der Waals surface area contributed by atoms with Crippen LogP contribution in [0.4, 0.5) is 0 Å². The Bertz CT molecular complexity index is 726. The number of aryl methyl sites for hydroxylation is 3. The maximum absolute atomic E-state index is 10.5. The maximum Gasteiger partial charge on any atom is 0.122 e. The van der Waals surface area contributed by atoms with Crippen molar-refractivity contribution in [3.05, 3.63) is 46.8 Å². The van der Waals surface area contributed by atoms with Crippen molar-refractivity contribution < 1.29 is 9.84 Å². The molecule has 0 aliphatic carbocycles. The average Bonchev–Trinajstić information content (AvgIpc) is 3.11. The van der Waals surface area contributed by atoms with E-state index < -0.39 is 6.10 Å². The topological polar surface area (TPSA) is 50.5 Å². The van der Waals surface area contributed by atoms with E-state index in [1.165, 1.54) is 11.3 Å². The summed E-state index contributed by atoms with van der Waals surface area (Å²) in [4.78, 5) is 2.38. The first-order valence-electron chi connectivity index (χ1n) is 9.08. The lowest BCUT2D eigenvalue weighted by Crippen LogP contribution is -2.35. The van der Waals surface area contributed by atoms with Gasteiger partial charge in [0.2, 0.25) is 0 Å². The van der Waals surface area contributed by atoms with Crippen LogP contribution in [0, 0.1) is 20.8 Å². The van der Waals surface area contributed by atoms with Crippen molar-refractivity contribution in [1.29, 1.82) is 0 Å². The van der Waals surface area contributed by atoms with Gasteiger partial charge in [0.25, 0.3) is 0 Å². The Morgan fingerprint density at radius 1 is 1.28 bits per heavy atom. The number of benzene rings is 1. The molecule has 136 valence electrons. The second-order valence-electron chi connectivity index (χ2n) is 7.09. The van der Waals surface area contributed by atoms with Crippen molar-refractivity contribution >= 4 is 0 Å². The third-order valence-electron chi connectivity index (χ3n) is 5.23. The lowest BCUT2D eigenvalue weighted by molar-refractivity contribution is 0.0634. The summed E-state index contributed by atoms with van der Waals surface area (Å²) in [6.45, 7) is 8.19. The molecule has 1 fully saturated rings. The van der Waals surface area contributed by atoms with Gasteiger partial charge in [-0.1, -0.05) is 18.2 Å². The van der Waals surface area contributed by atoms with Gasteiger partial charge in [-0.25, -0.2) is 0 Å². The zero-order chi connectivity index (χ0) is 18.0. The summed E-state index contributed by atoms with van der Waals surface area (Å²) >= 11 is 0. The summed E-state index contributed by atoms with van der Waals surface area (Å²) in [6.07, 6.45) is 1.78. The summed E-state index contributed by atoms with van der Waals surface area (Å²) in [6, 6.07) is 8.27. The number of nitrogens with zero attached hydrogens (tertiary/aromatic N) is 3. The second-order valence-corrected chi connectivity index (χ2v) is 7.09. The van der Waals surface area contributed by atoms with E-state index >= 15 is 0 Å². The van der Waals surface area contributed by atoms with Gasteiger partial charge >= 0.3 is 0 Å². The normalized spacial score (nSPS) is 19.3. The standard InChI is InChI=1S/C20H29N3O2/c1-14-8-5-6-10-19(14)25-13-17(24)12-23-11-7-9-18(23)20-15(2)21-22(4)16(20)3/h5-6,8,10,17-18,24H,7,9,11-13H2,1-4H3. The molecule has 2 aromatic rings. The molecule has 2 heterocycles. The van der Waals surface area contributed by atoms with Crippen molar-refractivity contribution in [1.82, 2.24) is 14.7 Å². The summed E-state index contributed by atoms with van der Waals surface area (Å²) in [5.41, 5.74) is 4.74. The van der Waals surface area contributed by atoms with Crippen LogP contribution in [0.15, 0.2) is 24.3 Å². The van der Waals surface area contributed by atoms with E-state index in [1.807, 2.05) is 42.9 Å². The van der Waals surface area contributed by atoms with E-state index in [9.17, 15) is 5.11 Å². The van der Waals surface area contributed by atoms with Crippen molar-refractivity contribution in [2.75, 3.05) is 19.7 Å². The van der Waals surface area contributed by atoms with Gasteiger partial charge in [-0.2, -0.15) is 5.10 Å². The molecule has 0 saturated carbocycles. The molecule has 25 heavy (non-hydrogen) atoms. The third kappa shape index (κ3) is 3.88. The van der Waals surface area contributed by atoms with Crippen LogP contribution in [0.1, 0.15) is 41.4 Å². The molecule has 1 aromatic heterocycles. The SMILES string of the molecule is Cc1ccccc1OCC(O)CN1CCCC1c1c(C)nn(C)c1C. The number of ether oxygens (including phenoxy) is 1. The molecule has 1 aliphatic heterocycles. The molecule has 0 spiro atoms. The Hall–Kier alpha value is -1.85. The molecular formula is C20H29N3O2. The van der Waals surface area contributed by atoms with Crippen LogP contribution in [-0.4, -0.2) is 45.6 Å². The number of hydrogen-bond donors (Lipinski definition) is 1. The monoisotopic (exact) mass is 343 g/mol. The van der Waals surface area contributed by atoms with Gasteiger partial charge in [0, 0.05) is 30.9 Å². The van der Waals surface area contributed by atoms with Crippen LogP contribution < -0.4 is 4.74 Å². The van der Waals surface area contributed by atoms with Gasteiger partial charge in [0.15, 0.2) is 0 Å². The molecule has 2 atom stereocenters. The Labute approximate surface area is 150 Å². The van der Waals surface area contributed by atoms with Crippen LogP contribution in [0.3, 0.4) is 0 Å². The zero-order valence-electron chi connectivity index (χ0n) is 15.7. The van der Waals surface area contributed by atoms with Crippen molar-refractivity contribution in [2.45, 2.75) is 45.8 Å². The van der Waals surface area contributed by atoms with Crippen LogP contribution in [-0.2, 0) is 7.05 Å². The molecular weight excluding hydrogens is 314 g/mol. The minimum atomic E-state index is -0.502. The minimum absolute atomic E-state index is 0.319. The highest BCUT2D eigenvalue weighted by Crippen LogP contribution is 2.35. The fourth-order valence-electron chi connectivity index (χ4n) is 3.87. The fourth-order valence-corrected chi connectivity index (χ4v) is 3.87. The molecule has 1 aromatic carbocycles. The lowest BCUT2D eigenvalue weighted by atomic mass is 10.0. The van der Waals surface area contributed by atoms with Crippen LogP contribution in [0.5, 0.6) is 5.75 Å². The minimum Gasteiger partial charge on any atom is -0.491 e. The summed E-state index contributed by atoms with van der Waals surface area (Å²) in [5.74, 6) is 0.846. The highest BCUT2D eigenvalue weighted by atomic mass is 16.5. The lowest BCUT2D eigenvalue weighted by Gasteiger charge is -2.27. The Morgan fingerprint density at radius 3 is 2.72 bits per heavy atom. The molecule has 0 amide bonds. The molecule has 1 saturated heterocycles. The van der Waals surface area contributed by atoms with Gasteiger partial charge in [-0.15, -0.1) is 0 Å². The number of rotatable bonds is 6. The molecule has 3 rings (SSSR count). The zero-order valence-corrected chi connectivity index (χ0v) is 15.7. The number of para-hydroxylation sites is 1. The van der Waals surface area contributed by atoms with Crippen molar-refractivity contribution in [3.8, 4) is 5.75 Å². The number of aliphatic hydroxyl groups is 1. The Morgan fingerprint density at radius 2 is 2.04 bits per heavy atom. The quantitative estimate of drug-likeness (QED) is 0.876. The van der Waals surface area contributed by atoms with E-state index in [-0.39, 0.29) is 0 Å². The van der Waals surface area contributed by atoms with Crippen molar-refractivity contribution in [3.63, 3.8) is 0 Å². The Kier molecular flexibility index (Phi) is 5.45. The first-order chi connectivity index (χ1) is 12.0. The van der Waals surface area contributed by atoms with Crippen LogP contribution in [0.25, 0.3) is 0 Å². The number of aliphatic hydroxyl groups excluding tert-OH is 1. The van der Waals surface area contributed by atoms with E-state index in [0.29, 0.717) is 19.2 Å². The molecule has 0 bridgehead atoms. The summed E-state index contributed by atoms with van der Waals surface area (Å²) in [7, 11) is 2.00. The first-order valence-corrected chi connectivity index (χ1v) is 9.08. The molecule has 5 nitrogen and oxygen atoms in total. The predicted molar refractivity (Wildman–Crippen MR) is 98.9 cm³/mol. The number of likely N-dealkylation sites (tertiary alicyclic amines) is 1. The average molecular weight is 343 g/mol. The number of aromatic nitrogens is 2. The highest BCUT2D eigenvalue weighted by molar-refractivity contribution is 5.32. The third-order valence-corrected chi connectivity index (χ3v) is 5.23. The number of hydrogen-bond acceptors (Lipinski definition) is 4. The van der Waals surface area contributed by atoms with Gasteiger partial charge in [-0.3, -0.25) is 9.58 Å². The fraction of sp³-hybridized carbons (Fsp3) is 0.550. The number of β-amino-alcohol motifs (C(OH)–C–C–N with tert-alkyl or cyclic N) is 1.